The van der Waals surface area contributed by atoms with E-state index in [9.17, 15) is 4.79 Å². The molecule has 0 atom stereocenters. The molecule has 20 heavy (non-hydrogen) atoms. The zero-order chi connectivity index (χ0) is 14.5. The van der Waals surface area contributed by atoms with Crippen molar-refractivity contribution in [2.24, 2.45) is 0 Å². The Labute approximate surface area is 117 Å². The summed E-state index contributed by atoms with van der Waals surface area (Å²) in [6.07, 6.45) is -0.271. The Kier molecular flexibility index (Phi) is 2.74. The van der Waals surface area contributed by atoms with Crippen molar-refractivity contribution in [3.8, 4) is 0 Å². The normalized spacial score (nSPS) is 15.4. The third kappa shape index (κ3) is 2.03. The van der Waals surface area contributed by atoms with Gasteiger partial charge in [-0.25, -0.2) is 9.78 Å². The number of furan rings is 1. The van der Waals surface area contributed by atoms with Crippen molar-refractivity contribution in [1.82, 2.24) is 9.88 Å². The van der Waals surface area contributed by atoms with E-state index < -0.39 is 6.09 Å². The number of pyridine rings is 1. The molecule has 1 N–H and O–H groups in total. The molecule has 0 bridgehead atoms. The zero-order valence-corrected chi connectivity index (χ0v) is 11.9. The van der Waals surface area contributed by atoms with E-state index in [0.717, 1.165) is 22.4 Å². The van der Waals surface area contributed by atoms with E-state index in [4.69, 9.17) is 9.52 Å². The maximum Gasteiger partial charge on any atom is 0.407 e. The first-order valence-corrected chi connectivity index (χ1v) is 6.76. The van der Waals surface area contributed by atoms with Crippen molar-refractivity contribution in [3.63, 3.8) is 0 Å². The minimum atomic E-state index is -0.885. The smallest absolute Gasteiger partial charge is 0.407 e. The molecule has 5 nitrogen and oxygen atoms in total. The van der Waals surface area contributed by atoms with Crippen LogP contribution in [0.3, 0.4) is 0 Å². The van der Waals surface area contributed by atoms with Crippen LogP contribution in [0.1, 0.15) is 37.8 Å². The predicted molar refractivity (Wildman–Crippen MR) is 74.8 cm³/mol. The van der Waals surface area contributed by atoms with E-state index in [1.807, 2.05) is 12.1 Å². The third-order valence-electron chi connectivity index (χ3n) is 3.74. The zero-order valence-electron chi connectivity index (χ0n) is 11.9. The van der Waals surface area contributed by atoms with Crippen molar-refractivity contribution in [1.29, 1.82) is 0 Å². The fourth-order valence-electron chi connectivity index (χ4n) is 2.54. The molecular weight excluding hydrogens is 256 g/mol. The molecule has 1 aliphatic heterocycles. The molecule has 2 aromatic rings. The second-order valence-electron chi connectivity index (χ2n) is 6.26. The largest absolute Gasteiger partial charge is 0.465 e. The van der Waals surface area contributed by atoms with Gasteiger partial charge in [-0.2, -0.15) is 0 Å². The fraction of sp³-hybridized carbons (Fsp3) is 0.467. The number of carbonyl (C=O) groups is 1. The van der Waals surface area contributed by atoms with Gasteiger partial charge >= 0.3 is 6.09 Å². The van der Waals surface area contributed by atoms with Gasteiger partial charge in [0.15, 0.2) is 0 Å². The Morgan fingerprint density at radius 1 is 1.40 bits per heavy atom. The summed E-state index contributed by atoms with van der Waals surface area (Å²) in [6, 6.07) is 3.99. The van der Waals surface area contributed by atoms with Crippen LogP contribution in [0.5, 0.6) is 0 Å². The summed E-state index contributed by atoms with van der Waals surface area (Å²) in [6.45, 7) is 7.19. The molecule has 0 radical (unpaired) electrons. The number of nitrogens with zero attached hydrogens (tertiary/aromatic N) is 2. The van der Waals surface area contributed by atoms with Crippen molar-refractivity contribution >= 4 is 17.2 Å². The average Bonchev–Trinajstić information content (AvgIpc) is 2.74. The summed E-state index contributed by atoms with van der Waals surface area (Å²) in [5, 5.41) is 10.0. The van der Waals surface area contributed by atoms with Crippen molar-refractivity contribution in [2.45, 2.75) is 39.2 Å². The van der Waals surface area contributed by atoms with Gasteiger partial charge in [0, 0.05) is 35.0 Å². The molecule has 3 heterocycles. The Bertz CT molecular complexity index is 682. The Morgan fingerprint density at radius 3 is 2.80 bits per heavy atom. The van der Waals surface area contributed by atoms with Crippen LogP contribution in [0.2, 0.25) is 0 Å². The highest BCUT2D eigenvalue weighted by Gasteiger charge is 2.26. The lowest BCUT2D eigenvalue weighted by atomic mass is 9.91. The van der Waals surface area contributed by atoms with Gasteiger partial charge in [0.05, 0.1) is 6.54 Å². The number of amides is 1. The molecule has 0 saturated carbocycles. The van der Waals surface area contributed by atoms with E-state index in [2.05, 4.69) is 25.8 Å². The van der Waals surface area contributed by atoms with E-state index in [0.29, 0.717) is 25.2 Å². The highest BCUT2D eigenvalue weighted by atomic mass is 16.4. The highest BCUT2D eigenvalue weighted by Crippen LogP contribution is 2.31. The van der Waals surface area contributed by atoms with Crippen LogP contribution in [-0.4, -0.2) is 27.6 Å². The molecular formula is C15H18N2O3. The molecule has 1 amide bonds. The number of fused-ring (bicyclic) bond motifs is 3. The fourth-order valence-corrected chi connectivity index (χ4v) is 2.54. The summed E-state index contributed by atoms with van der Waals surface area (Å²) in [5.74, 6) is 0.871. The van der Waals surface area contributed by atoms with Crippen LogP contribution < -0.4 is 0 Å². The summed E-state index contributed by atoms with van der Waals surface area (Å²) >= 11 is 0. The van der Waals surface area contributed by atoms with E-state index >= 15 is 0 Å². The summed E-state index contributed by atoms with van der Waals surface area (Å²) in [5.41, 5.74) is 2.52. The number of carboxylic acid groups (broad SMARTS) is 1. The van der Waals surface area contributed by atoms with Gasteiger partial charge in [0.25, 0.3) is 0 Å². The van der Waals surface area contributed by atoms with E-state index in [1.54, 1.807) is 0 Å². The molecule has 0 spiro atoms. The number of hydrogen-bond donors (Lipinski definition) is 1. The molecule has 0 unspecified atom stereocenters. The molecule has 3 rings (SSSR count). The second-order valence-corrected chi connectivity index (χ2v) is 6.26. The standard InChI is InChI=1S/C15H18N2O3/c1-15(2,3)12-5-4-9-10-8-17(14(18)19)7-6-11(10)20-13(9)16-12/h4-5H,6-8H2,1-3H3,(H,18,19). The molecule has 1 aliphatic rings. The Balaban J connectivity index is 2.08. The monoisotopic (exact) mass is 274 g/mol. The lowest BCUT2D eigenvalue weighted by Crippen LogP contribution is -2.34. The van der Waals surface area contributed by atoms with Gasteiger partial charge in [-0.3, -0.25) is 0 Å². The lowest BCUT2D eigenvalue weighted by molar-refractivity contribution is 0.138. The van der Waals surface area contributed by atoms with Gasteiger partial charge in [-0.05, 0) is 12.1 Å². The first-order valence-electron chi connectivity index (χ1n) is 6.76. The first-order chi connectivity index (χ1) is 9.36. The van der Waals surface area contributed by atoms with Crippen LogP contribution in [0.25, 0.3) is 11.1 Å². The Hall–Kier alpha value is -2.04. The van der Waals surface area contributed by atoms with E-state index in [1.165, 1.54) is 4.90 Å². The van der Waals surface area contributed by atoms with Crippen molar-refractivity contribution in [2.75, 3.05) is 6.54 Å². The maximum absolute atomic E-state index is 11.1. The predicted octanol–water partition coefficient (Wildman–Crippen LogP) is 3.16. The molecule has 2 aromatic heterocycles. The average molecular weight is 274 g/mol. The second kappa shape index (κ2) is 4.23. The summed E-state index contributed by atoms with van der Waals surface area (Å²) in [4.78, 5) is 17.1. The van der Waals surface area contributed by atoms with Gasteiger partial charge < -0.3 is 14.4 Å². The van der Waals surface area contributed by atoms with Crippen molar-refractivity contribution < 1.29 is 14.3 Å². The van der Waals surface area contributed by atoms with Crippen LogP contribution in [0, 0.1) is 0 Å². The quantitative estimate of drug-likeness (QED) is 0.801. The van der Waals surface area contributed by atoms with Crippen LogP contribution >= 0.6 is 0 Å². The number of hydrogen-bond acceptors (Lipinski definition) is 3. The maximum atomic E-state index is 11.1. The van der Waals surface area contributed by atoms with Crippen LogP contribution in [0.15, 0.2) is 16.5 Å². The summed E-state index contributed by atoms with van der Waals surface area (Å²) < 4.78 is 5.82. The minimum absolute atomic E-state index is 0.0331. The number of rotatable bonds is 0. The lowest BCUT2D eigenvalue weighted by Gasteiger charge is -2.23. The molecule has 0 aromatic carbocycles. The SMILES string of the molecule is CC(C)(C)c1ccc2c3c(oc2n1)CCN(C(=O)O)C3. The molecule has 0 saturated heterocycles. The minimum Gasteiger partial charge on any atom is -0.465 e. The van der Waals surface area contributed by atoms with Gasteiger partial charge in [-0.15, -0.1) is 0 Å². The summed E-state index contributed by atoms with van der Waals surface area (Å²) in [7, 11) is 0. The molecule has 0 fully saturated rings. The Morgan fingerprint density at radius 2 is 2.15 bits per heavy atom. The third-order valence-corrected chi connectivity index (χ3v) is 3.74. The van der Waals surface area contributed by atoms with E-state index in [-0.39, 0.29) is 5.41 Å². The molecule has 106 valence electrons. The van der Waals surface area contributed by atoms with Crippen molar-refractivity contribution in [3.05, 3.63) is 29.2 Å². The topological polar surface area (TPSA) is 66.6 Å². The van der Waals surface area contributed by atoms with Gasteiger partial charge in [-0.1, -0.05) is 20.8 Å². The van der Waals surface area contributed by atoms with Gasteiger partial charge in [0.2, 0.25) is 5.71 Å². The molecule has 5 heteroatoms. The first kappa shape index (κ1) is 13.0. The van der Waals surface area contributed by atoms with Crippen LogP contribution in [0.4, 0.5) is 4.79 Å². The van der Waals surface area contributed by atoms with Crippen LogP contribution in [-0.2, 0) is 18.4 Å². The highest BCUT2D eigenvalue weighted by molar-refractivity contribution is 5.80. The number of aromatic nitrogens is 1. The molecule has 0 aliphatic carbocycles. The van der Waals surface area contributed by atoms with Gasteiger partial charge in [0.1, 0.15) is 5.76 Å².